The van der Waals surface area contributed by atoms with Crippen LogP contribution in [-0.4, -0.2) is 17.4 Å². The third kappa shape index (κ3) is 4.07. The van der Waals surface area contributed by atoms with Crippen LogP contribution < -0.4 is 10.6 Å². The summed E-state index contributed by atoms with van der Waals surface area (Å²) in [4.78, 5) is 22.4. The molecule has 0 radical (unpaired) electrons. The molecule has 0 saturated carbocycles. The largest absolute Gasteiger partial charge is 0.370 e. The maximum Gasteiger partial charge on any atom is 0.292 e. The van der Waals surface area contributed by atoms with Gasteiger partial charge in [0.05, 0.1) is 11.5 Å². The quantitative estimate of drug-likeness (QED) is 0.646. The minimum absolute atomic E-state index is 0.0347. The normalized spacial score (nSPS) is 10.3. The van der Waals surface area contributed by atoms with E-state index in [2.05, 4.69) is 10.6 Å². The van der Waals surface area contributed by atoms with Gasteiger partial charge in [0, 0.05) is 17.8 Å². The van der Waals surface area contributed by atoms with Gasteiger partial charge in [0.25, 0.3) is 5.69 Å². The summed E-state index contributed by atoms with van der Waals surface area (Å²) < 4.78 is 13.3. The van der Waals surface area contributed by atoms with Gasteiger partial charge in [-0.2, -0.15) is 0 Å². The molecule has 0 spiro atoms. The molecule has 0 aliphatic rings. The van der Waals surface area contributed by atoms with Gasteiger partial charge in [0.15, 0.2) is 0 Å². The number of nitrogens with zero attached hydrogens (tertiary/aromatic N) is 1. The molecular formula is C17H18FN3O3. The first-order valence-electron chi connectivity index (χ1n) is 7.33. The van der Waals surface area contributed by atoms with Gasteiger partial charge in [-0.15, -0.1) is 0 Å². The van der Waals surface area contributed by atoms with Crippen LogP contribution in [0.3, 0.4) is 0 Å². The number of hydrogen-bond acceptors (Lipinski definition) is 4. The molecule has 0 saturated heterocycles. The Bertz CT molecular complexity index is 783. The van der Waals surface area contributed by atoms with Crippen LogP contribution in [0.5, 0.6) is 0 Å². The zero-order chi connectivity index (χ0) is 17.9. The molecule has 1 amide bonds. The lowest BCUT2D eigenvalue weighted by Gasteiger charge is -2.13. The summed E-state index contributed by atoms with van der Waals surface area (Å²) in [6.45, 7) is 5.54. The van der Waals surface area contributed by atoms with E-state index in [0.29, 0.717) is 5.69 Å². The fourth-order valence-corrected chi connectivity index (χ4v) is 2.55. The highest BCUT2D eigenvalue weighted by Gasteiger charge is 2.15. The van der Waals surface area contributed by atoms with Crippen molar-refractivity contribution >= 4 is 23.0 Å². The van der Waals surface area contributed by atoms with E-state index in [0.717, 1.165) is 34.9 Å². The van der Waals surface area contributed by atoms with Crippen LogP contribution in [0.1, 0.15) is 16.7 Å². The molecule has 7 heteroatoms. The third-order valence-electron chi connectivity index (χ3n) is 3.54. The van der Waals surface area contributed by atoms with Crippen molar-refractivity contribution in [3.63, 3.8) is 0 Å². The number of rotatable bonds is 5. The van der Waals surface area contributed by atoms with Gasteiger partial charge >= 0.3 is 0 Å². The Morgan fingerprint density at radius 1 is 1.17 bits per heavy atom. The lowest BCUT2D eigenvalue weighted by molar-refractivity contribution is -0.384. The molecule has 0 atom stereocenters. The molecule has 2 N–H and O–H groups in total. The Balaban J connectivity index is 2.10. The predicted octanol–water partition coefficient (Wildman–Crippen LogP) is 3.71. The van der Waals surface area contributed by atoms with Gasteiger partial charge in [-0.25, -0.2) is 4.39 Å². The van der Waals surface area contributed by atoms with Crippen molar-refractivity contribution in [3.8, 4) is 0 Å². The summed E-state index contributed by atoms with van der Waals surface area (Å²) in [5.74, 6) is -0.989. The molecule has 2 aromatic rings. The lowest BCUT2D eigenvalue weighted by atomic mass is 10.1. The molecule has 0 heterocycles. The second-order valence-corrected chi connectivity index (χ2v) is 5.59. The van der Waals surface area contributed by atoms with Crippen molar-refractivity contribution in [2.24, 2.45) is 0 Å². The minimum atomic E-state index is -0.631. The van der Waals surface area contributed by atoms with E-state index in [1.165, 1.54) is 0 Å². The van der Waals surface area contributed by atoms with E-state index in [4.69, 9.17) is 0 Å². The number of halogens is 1. The SMILES string of the molecule is Cc1cc(C)c(NC(=O)CNc2cc(F)ccc2[N+](=O)[O-])c(C)c1. The molecular weight excluding hydrogens is 313 g/mol. The number of carbonyl (C=O) groups is 1. The number of benzene rings is 2. The van der Waals surface area contributed by atoms with Crippen LogP contribution >= 0.6 is 0 Å². The fraction of sp³-hybridized carbons (Fsp3) is 0.235. The van der Waals surface area contributed by atoms with Crippen LogP contribution in [0.2, 0.25) is 0 Å². The molecule has 24 heavy (non-hydrogen) atoms. The van der Waals surface area contributed by atoms with Gasteiger partial charge in [-0.05, 0) is 38.0 Å². The summed E-state index contributed by atoms with van der Waals surface area (Å²) in [5, 5.41) is 16.3. The molecule has 6 nitrogen and oxygen atoms in total. The van der Waals surface area contributed by atoms with E-state index in [1.807, 2.05) is 32.9 Å². The molecule has 0 bridgehead atoms. The molecule has 0 unspecified atom stereocenters. The van der Waals surface area contributed by atoms with Crippen molar-refractivity contribution in [2.45, 2.75) is 20.8 Å². The number of aryl methyl sites for hydroxylation is 3. The summed E-state index contributed by atoms with van der Waals surface area (Å²) in [7, 11) is 0. The standard InChI is InChI=1S/C17H18FN3O3/c1-10-6-11(2)17(12(3)7-10)20-16(22)9-19-14-8-13(18)4-5-15(14)21(23)24/h4-8,19H,9H2,1-3H3,(H,20,22). The zero-order valence-electron chi connectivity index (χ0n) is 13.6. The first kappa shape index (κ1) is 17.4. The Kier molecular flexibility index (Phi) is 5.13. The minimum Gasteiger partial charge on any atom is -0.370 e. The third-order valence-corrected chi connectivity index (χ3v) is 3.54. The highest BCUT2D eigenvalue weighted by atomic mass is 19.1. The molecule has 0 aromatic heterocycles. The van der Waals surface area contributed by atoms with Gasteiger partial charge in [-0.1, -0.05) is 17.7 Å². The van der Waals surface area contributed by atoms with E-state index in [9.17, 15) is 19.3 Å². The fourth-order valence-electron chi connectivity index (χ4n) is 2.55. The van der Waals surface area contributed by atoms with Crippen LogP contribution in [0.15, 0.2) is 30.3 Å². The first-order valence-corrected chi connectivity index (χ1v) is 7.33. The van der Waals surface area contributed by atoms with E-state index in [-0.39, 0.29) is 23.8 Å². The first-order chi connectivity index (χ1) is 11.3. The summed E-state index contributed by atoms with van der Waals surface area (Å²) in [6, 6.07) is 6.96. The van der Waals surface area contributed by atoms with Crippen LogP contribution in [-0.2, 0) is 4.79 Å². The van der Waals surface area contributed by atoms with Crippen molar-refractivity contribution in [1.82, 2.24) is 0 Å². The maximum atomic E-state index is 13.3. The van der Waals surface area contributed by atoms with Crippen molar-refractivity contribution in [3.05, 3.63) is 63.0 Å². The van der Waals surface area contributed by atoms with Crippen molar-refractivity contribution < 1.29 is 14.1 Å². The average molecular weight is 331 g/mol. The van der Waals surface area contributed by atoms with E-state index < -0.39 is 10.7 Å². The summed E-state index contributed by atoms with van der Waals surface area (Å²) in [5.41, 5.74) is 3.34. The van der Waals surface area contributed by atoms with Crippen LogP contribution in [0.4, 0.5) is 21.5 Å². The molecule has 0 aliphatic heterocycles. The number of nitrogens with one attached hydrogen (secondary N) is 2. The van der Waals surface area contributed by atoms with Crippen LogP contribution in [0, 0.1) is 36.7 Å². The number of anilines is 2. The smallest absolute Gasteiger partial charge is 0.292 e. The highest BCUT2D eigenvalue weighted by molar-refractivity contribution is 5.95. The van der Waals surface area contributed by atoms with Gasteiger partial charge < -0.3 is 10.6 Å². The number of amides is 1. The molecule has 2 aromatic carbocycles. The van der Waals surface area contributed by atoms with Gasteiger partial charge in [0.2, 0.25) is 5.91 Å². The molecule has 0 fully saturated rings. The van der Waals surface area contributed by atoms with Crippen molar-refractivity contribution in [1.29, 1.82) is 0 Å². The Morgan fingerprint density at radius 3 is 2.38 bits per heavy atom. The van der Waals surface area contributed by atoms with Gasteiger partial charge in [0.1, 0.15) is 11.5 Å². The predicted molar refractivity (Wildman–Crippen MR) is 90.8 cm³/mol. The molecule has 0 aliphatic carbocycles. The zero-order valence-corrected chi connectivity index (χ0v) is 13.6. The Labute approximate surface area is 138 Å². The summed E-state index contributed by atoms with van der Waals surface area (Å²) >= 11 is 0. The van der Waals surface area contributed by atoms with Crippen molar-refractivity contribution in [2.75, 3.05) is 17.2 Å². The number of carbonyl (C=O) groups excluding carboxylic acids is 1. The second-order valence-electron chi connectivity index (χ2n) is 5.59. The Morgan fingerprint density at radius 2 is 1.79 bits per heavy atom. The number of hydrogen-bond donors (Lipinski definition) is 2. The monoisotopic (exact) mass is 331 g/mol. The second kappa shape index (κ2) is 7.08. The topological polar surface area (TPSA) is 84.3 Å². The molecule has 126 valence electrons. The highest BCUT2D eigenvalue weighted by Crippen LogP contribution is 2.25. The van der Waals surface area contributed by atoms with E-state index >= 15 is 0 Å². The summed E-state index contributed by atoms with van der Waals surface area (Å²) in [6.07, 6.45) is 0. The number of nitro benzene ring substituents is 1. The van der Waals surface area contributed by atoms with E-state index in [1.54, 1.807) is 0 Å². The lowest BCUT2D eigenvalue weighted by Crippen LogP contribution is -2.23. The molecule has 2 rings (SSSR count). The Hall–Kier alpha value is -2.96. The maximum absolute atomic E-state index is 13.3. The average Bonchev–Trinajstić information content (AvgIpc) is 2.48. The van der Waals surface area contributed by atoms with Crippen LogP contribution in [0.25, 0.3) is 0 Å². The number of nitro groups is 1. The van der Waals surface area contributed by atoms with Gasteiger partial charge in [-0.3, -0.25) is 14.9 Å².